The first-order valence-corrected chi connectivity index (χ1v) is 20.0. The lowest BCUT2D eigenvalue weighted by atomic mass is 9.98. The fourth-order valence-corrected chi connectivity index (χ4v) is 6.97. The van der Waals surface area contributed by atoms with E-state index in [1.807, 2.05) is 60.7 Å². The van der Waals surface area contributed by atoms with Crippen LogP contribution in [0.2, 0.25) is 0 Å². The summed E-state index contributed by atoms with van der Waals surface area (Å²) in [4.78, 5) is 47.4. The van der Waals surface area contributed by atoms with Crippen molar-refractivity contribution >= 4 is 23.6 Å². The monoisotopic (exact) mass is 829 g/mol. The summed E-state index contributed by atoms with van der Waals surface area (Å²) in [6.07, 6.45) is -10.1. The van der Waals surface area contributed by atoms with E-state index in [1.54, 1.807) is 105 Å². The molecule has 0 aromatic heterocycles. The zero-order valence-electron chi connectivity index (χ0n) is 33.9. The van der Waals surface area contributed by atoms with Crippen LogP contribution in [0.4, 0.5) is 0 Å². The van der Waals surface area contributed by atoms with Gasteiger partial charge in [-0.3, -0.25) is 0 Å². The molecule has 13 heteroatoms. The van der Waals surface area contributed by atoms with Crippen LogP contribution in [0.15, 0.2) is 157 Å². The van der Waals surface area contributed by atoms with Crippen LogP contribution in [0.3, 0.4) is 0 Å². The average molecular weight is 830 g/mol. The molecule has 0 amide bonds. The Bertz CT molecular complexity index is 2190. The Balaban J connectivity index is 1.24. The molecule has 5 aromatic carbocycles. The molecule has 2 aliphatic rings. The average Bonchev–Trinajstić information content (AvgIpc) is 3.30. The molecule has 0 aliphatic carbocycles. The minimum absolute atomic E-state index is 0.180. The van der Waals surface area contributed by atoms with E-state index in [2.05, 4.69) is 5.16 Å². The molecule has 0 spiro atoms. The Morgan fingerprint density at radius 1 is 0.508 bits per heavy atom. The molecule has 2 saturated heterocycles. The number of carbonyl (C=O) groups is 3. The van der Waals surface area contributed by atoms with Gasteiger partial charge in [-0.05, 0) is 61.4 Å². The molecule has 0 saturated carbocycles. The van der Waals surface area contributed by atoms with Gasteiger partial charge in [0, 0.05) is 7.11 Å². The highest BCUT2D eigenvalue weighted by Gasteiger charge is 2.53. The Hall–Kier alpha value is -6.22. The molecule has 13 nitrogen and oxygen atoms in total. The maximum absolute atomic E-state index is 13.8. The number of hydrogen-bond acceptors (Lipinski definition) is 13. The first-order chi connectivity index (χ1) is 29.8. The van der Waals surface area contributed by atoms with Crippen LogP contribution < -0.4 is 0 Å². The van der Waals surface area contributed by atoms with E-state index in [0.29, 0.717) is 0 Å². The van der Waals surface area contributed by atoms with Crippen LogP contribution >= 0.6 is 0 Å². The van der Waals surface area contributed by atoms with Crippen molar-refractivity contribution in [2.75, 3.05) is 7.11 Å². The summed E-state index contributed by atoms with van der Waals surface area (Å²) in [6, 6.07) is 44.1. The summed E-state index contributed by atoms with van der Waals surface area (Å²) in [7, 11) is 1.52. The van der Waals surface area contributed by atoms with Crippen molar-refractivity contribution in [3.63, 3.8) is 0 Å². The number of rotatable bonds is 15. The first-order valence-electron chi connectivity index (χ1n) is 20.0. The highest BCUT2D eigenvalue weighted by atomic mass is 16.8. The zero-order chi connectivity index (χ0) is 42.6. The number of carbonyl (C=O) groups excluding carboxylic acids is 3. The number of benzene rings is 5. The predicted octanol–water partition coefficient (Wildman–Crippen LogP) is 7.34. The smallest absolute Gasteiger partial charge is 0.338 e. The van der Waals surface area contributed by atoms with Crippen molar-refractivity contribution in [3.05, 3.63) is 179 Å². The van der Waals surface area contributed by atoms with Crippen molar-refractivity contribution in [2.45, 2.75) is 82.4 Å². The number of ether oxygens (including phenoxy) is 8. The highest BCUT2D eigenvalue weighted by Crippen LogP contribution is 2.33. The van der Waals surface area contributed by atoms with Gasteiger partial charge in [-0.2, -0.15) is 0 Å². The lowest BCUT2D eigenvalue weighted by Crippen LogP contribution is -2.61. The third-order valence-electron chi connectivity index (χ3n) is 10.1. The second-order valence-corrected chi connectivity index (χ2v) is 14.4. The van der Waals surface area contributed by atoms with Crippen LogP contribution in [0, 0.1) is 0 Å². The summed E-state index contributed by atoms with van der Waals surface area (Å²) >= 11 is 0. The number of nitrogens with zero attached hydrogens (tertiary/aromatic N) is 1. The second-order valence-electron chi connectivity index (χ2n) is 14.4. The topological polar surface area (TPSA) is 147 Å². The largest absolute Gasteiger partial charge is 0.452 e. The summed E-state index contributed by atoms with van der Waals surface area (Å²) in [5, 5.41) is 4.59. The zero-order valence-corrected chi connectivity index (χ0v) is 33.9. The second kappa shape index (κ2) is 20.8. The fourth-order valence-electron chi connectivity index (χ4n) is 6.97. The van der Waals surface area contributed by atoms with Crippen molar-refractivity contribution in [1.82, 2.24) is 0 Å². The molecular weight excluding hydrogens is 783 g/mol. The van der Waals surface area contributed by atoms with Crippen LogP contribution in [-0.2, 0) is 55.9 Å². The van der Waals surface area contributed by atoms with Gasteiger partial charge in [0.25, 0.3) is 6.29 Å². The first kappa shape index (κ1) is 42.9. The lowest BCUT2D eigenvalue weighted by Gasteiger charge is -2.43. The Labute approximate surface area is 354 Å². The molecule has 2 fully saturated rings. The van der Waals surface area contributed by atoms with E-state index in [-0.39, 0.29) is 35.6 Å². The molecular formula is C48H47NO12. The molecule has 0 unspecified atom stereocenters. The van der Waals surface area contributed by atoms with Crippen LogP contribution in [0.25, 0.3) is 0 Å². The van der Waals surface area contributed by atoms with E-state index in [1.165, 1.54) is 7.11 Å². The van der Waals surface area contributed by atoms with Crippen molar-refractivity contribution < 1.29 is 57.1 Å². The molecule has 2 aliphatic heterocycles. The van der Waals surface area contributed by atoms with Crippen LogP contribution in [0.5, 0.6) is 0 Å². The number of oxime groups is 1. The maximum atomic E-state index is 13.8. The van der Waals surface area contributed by atoms with E-state index in [4.69, 9.17) is 42.7 Å². The molecule has 2 heterocycles. The van der Waals surface area contributed by atoms with Gasteiger partial charge in [-0.15, -0.1) is 0 Å². The Morgan fingerprint density at radius 2 is 0.934 bits per heavy atom. The van der Waals surface area contributed by atoms with Crippen molar-refractivity contribution in [1.29, 1.82) is 0 Å². The Morgan fingerprint density at radius 3 is 1.41 bits per heavy atom. The van der Waals surface area contributed by atoms with Gasteiger partial charge in [-0.25, -0.2) is 14.4 Å². The number of methoxy groups -OCH3 is 1. The molecule has 0 radical (unpaired) electrons. The molecule has 0 N–H and O–H groups in total. The van der Waals surface area contributed by atoms with Crippen molar-refractivity contribution in [3.8, 4) is 0 Å². The third kappa shape index (κ3) is 10.9. The van der Waals surface area contributed by atoms with E-state index >= 15 is 0 Å². The molecule has 316 valence electrons. The van der Waals surface area contributed by atoms with Gasteiger partial charge < -0.3 is 42.7 Å². The fraction of sp³-hybridized carbons (Fsp3) is 0.292. The van der Waals surface area contributed by atoms with Crippen LogP contribution in [-0.4, -0.2) is 86.0 Å². The standard InChI is InChI=1S/C48H47NO12/c1-31-38(40(54-29-33-19-9-4-10-20-33)42(47(53-3)56-31)55-30-34-21-11-5-12-22-34)49-61-48-43(60-46(52)37-27-17-8-18-28-37)41(59-45(51)36-25-15-7-16-26-36)39(32(2)57-48)58-44(50)35-23-13-6-14-24-35/h4-28,31-32,39-43,47-48H,29-30H2,1-3H3/b49-38+/t31-,32+,39+,40+,41-,42-,43-,47+,48+/m1/s1. The molecule has 0 bridgehead atoms. The number of esters is 3. The molecule has 9 atom stereocenters. The maximum Gasteiger partial charge on any atom is 0.338 e. The van der Waals surface area contributed by atoms with Gasteiger partial charge in [0.1, 0.15) is 24.0 Å². The third-order valence-corrected chi connectivity index (χ3v) is 10.1. The molecule has 7 rings (SSSR count). The summed E-state index contributed by atoms with van der Waals surface area (Å²) in [5.41, 5.74) is 2.75. The minimum Gasteiger partial charge on any atom is -0.452 e. The quantitative estimate of drug-likeness (QED) is 0.0591. The van der Waals surface area contributed by atoms with Gasteiger partial charge >= 0.3 is 17.9 Å². The van der Waals surface area contributed by atoms with Gasteiger partial charge in [-0.1, -0.05) is 120 Å². The molecule has 61 heavy (non-hydrogen) atoms. The predicted molar refractivity (Wildman–Crippen MR) is 221 cm³/mol. The number of hydrogen-bond donors (Lipinski definition) is 0. The van der Waals surface area contributed by atoms with E-state index in [0.717, 1.165) is 11.1 Å². The Kier molecular flexibility index (Phi) is 14.7. The van der Waals surface area contributed by atoms with Gasteiger partial charge in [0.2, 0.25) is 6.10 Å². The lowest BCUT2D eigenvalue weighted by molar-refractivity contribution is -0.292. The molecule has 5 aromatic rings. The summed E-state index contributed by atoms with van der Waals surface area (Å²) in [5.74, 6) is -2.26. The van der Waals surface area contributed by atoms with Crippen LogP contribution in [0.1, 0.15) is 56.0 Å². The van der Waals surface area contributed by atoms with Gasteiger partial charge in [0.05, 0.1) is 36.0 Å². The highest BCUT2D eigenvalue weighted by molar-refractivity contribution is 5.93. The van der Waals surface area contributed by atoms with E-state index in [9.17, 15) is 14.4 Å². The summed E-state index contributed by atoms with van der Waals surface area (Å²) < 4.78 is 49.7. The minimum atomic E-state index is -1.53. The van der Waals surface area contributed by atoms with Crippen molar-refractivity contribution in [2.24, 2.45) is 5.16 Å². The normalized spacial score (nSPS) is 25.6. The van der Waals surface area contributed by atoms with E-state index < -0.39 is 73.2 Å². The SMILES string of the molecule is CO[C@H]1O[C@H](C)/C(=N\O[C@@H]2O[C@@H](C)[C@H](OC(=O)c3ccccc3)[C@@H](OC(=O)c3ccccc3)[C@H]2OC(=O)c2ccccc2)[C@H](OCc2ccccc2)[C@H]1OCc1ccccc1. The van der Waals surface area contributed by atoms with Gasteiger partial charge in [0.15, 0.2) is 18.5 Å². The summed E-state index contributed by atoms with van der Waals surface area (Å²) in [6.45, 7) is 3.78.